The number of aliphatic hydroxyl groups is 1. The minimum Gasteiger partial charge on any atom is -0.393 e. The summed E-state index contributed by atoms with van der Waals surface area (Å²) in [6, 6.07) is 0. The topological polar surface area (TPSA) is 63.3 Å². The van der Waals surface area contributed by atoms with Crippen molar-refractivity contribution in [1.82, 2.24) is 0 Å². The van der Waals surface area contributed by atoms with Crippen molar-refractivity contribution >= 4 is 5.91 Å². The molecule has 3 N–H and O–H groups in total. The summed E-state index contributed by atoms with van der Waals surface area (Å²) in [5.74, 6) is -0.165. The maximum atomic E-state index is 10.6. The highest BCUT2D eigenvalue weighted by Crippen LogP contribution is 2.14. The van der Waals surface area contributed by atoms with Crippen molar-refractivity contribution in [3.63, 3.8) is 0 Å². The van der Waals surface area contributed by atoms with Crippen LogP contribution in [0, 0.1) is 0 Å². The first kappa shape index (κ1) is 21.4. The molecule has 0 radical (unpaired) electrons. The third kappa shape index (κ3) is 17.5. The Hall–Kier alpha value is -0.570. The molecule has 1 atom stereocenters. The van der Waals surface area contributed by atoms with E-state index in [0.717, 1.165) is 25.7 Å². The van der Waals surface area contributed by atoms with Crippen LogP contribution in [0.1, 0.15) is 110 Å². The largest absolute Gasteiger partial charge is 0.393 e. The van der Waals surface area contributed by atoms with Gasteiger partial charge >= 0.3 is 0 Å². The van der Waals surface area contributed by atoms with Crippen LogP contribution in [-0.2, 0) is 4.79 Å². The second kappa shape index (κ2) is 16.8. The Morgan fingerprint density at radius 3 is 1.50 bits per heavy atom. The highest BCUT2D eigenvalue weighted by molar-refractivity contribution is 5.73. The van der Waals surface area contributed by atoms with Gasteiger partial charge in [-0.3, -0.25) is 4.79 Å². The normalized spacial score (nSPS) is 12.5. The van der Waals surface area contributed by atoms with Crippen LogP contribution in [0.2, 0.25) is 0 Å². The lowest BCUT2D eigenvalue weighted by Gasteiger charge is -2.06. The molecular formula is C19H39NO2. The molecule has 1 unspecified atom stereocenters. The zero-order valence-corrected chi connectivity index (χ0v) is 14.8. The summed E-state index contributed by atoms with van der Waals surface area (Å²) in [5, 5.41) is 9.45. The van der Waals surface area contributed by atoms with Gasteiger partial charge < -0.3 is 10.8 Å². The highest BCUT2D eigenvalue weighted by Gasteiger charge is 1.99. The van der Waals surface area contributed by atoms with Crippen LogP contribution in [-0.4, -0.2) is 17.1 Å². The number of aliphatic hydroxyl groups excluding tert-OH is 1. The van der Waals surface area contributed by atoms with Crippen LogP contribution in [0.4, 0.5) is 0 Å². The zero-order valence-electron chi connectivity index (χ0n) is 14.8. The van der Waals surface area contributed by atoms with E-state index < -0.39 is 0 Å². The van der Waals surface area contributed by atoms with E-state index in [1.54, 1.807) is 0 Å². The summed E-state index contributed by atoms with van der Waals surface area (Å²) < 4.78 is 0. The molecule has 0 aromatic rings. The summed E-state index contributed by atoms with van der Waals surface area (Å²) >= 11 is 0. The average molecular weight is 314 g/mol. The fourth-order valence-corrected chi connectivity index (χ4v) is 2.83. The molecule has 0 aliphatic carbocycles. The fourth-order valence-electron chi connectivity index (χ4n) is 2.83. The van der Waals surface area contributed by atoms with Gasteiger partial charge in [-0.2, -0.15) is 0 Å². The second-order valence-electron chi connectivity index (χ2n) is 6.66. The molecular weight excluding hydrogens is 274 g/mol. The number of primary amides is 1. The summed E-state index contributed by atoms with van der Waals surface area (Å²) in [5.41, 5.74) is 5.11. The van der Waals surface area contributed by atoms with Gasteiger partial charge in [0.15, 0.2) is 0 Å². The van der Waals surface area contributed by atoms with E-state index >= 15 is 0 Å². The highest BCUT2D eigenvalue weighted by atomic mass is 16.3. The Morgan fingerprint density at radius 1 is 0.773 bits per heavy atom. The Balaban J connectivity index is 3.01. The van der Waals surface area contributed by atoms with E-state index in [-0.39, 0.29) is 12.0 Å². The number of nitrogens with two attached hydrogens (primary N) is 1. The smallest absolute Gasteiger partial charge is 0.217 e. The van der Waals surface area contributed by atoms with Crippen LogP contribution in [0.15, 0.2) is 0 Å². The van der Waals surface area contributed by atoms with Crippen molar-refractivity contribution < 1.29 is 9.90 Å². The summed E-state index contributed by atoms with van der Waals surface area (Å²) in [7, 11) is 0. The molecule has 3 nitrogen and oxygen atoms in total. The molecule has 0 aromatic carbocycles. The van der Waals surface area contributed by atoms with Crippen molar-refractivity contribution in [3.8, 4) is 0 Å². The van der Waals surface area contributed by atoms with Crippen LogP contribution in [0.3, 0.4) is 0 Å². The van der Waals surface area contributed by atoms with Gasteiger partial charge in [0, 0.05) is 6.42 Å². The Kier molecular flexibility index (Phi) is 16.4. The van der Waals surface area contributed by atoms with E-state index in [4.69, 9.17) is 5.73 Å². The summed E-state index contributed by atoms with van der Waals surface area (Å²) in [6.45, 7) is 2.05. The monoisotopic (exact) mass is 313 g/mol. The number of unbranched alkanes of at least 4 members (excludes halogenated alkanes) is 12. The quantitative estimate of drug-likeness (QED) is 0.367. The lowest BCUT2D eigenvalue weighted by molar-refractivity contribution is -0.118. The van der Waals surface area contributed by atoms with Crippen LogP contribution < -0.4 is 5.73 Å². The average Bonchev–Trinajstić information content (AvgIpc) is 2.50. The minimum atomic E-state index is -0.165. The van der Waals surface area contributed by atoms with Crippen molar-refractivity contribution in [1.29, 1.82) is 0 Å². The van der Waals surface area contributed by atoms with E-state index in [9.17, 15) is 9.90 Å². The zero-order chi connectivity index (χ0) is 16.5. The molecule has 0 rings (SSSR count). The van der Waals surface area contributed by atoms with E-state index in [1.165, 1.54) is 70.6 Å². The van der Waals surface area contributed by atoms with Gasteiger partial charge in [-0.25, -0.2) is 0 Å². The minimum absolute atomic E-state index is 0.0733. The number of amides is 1. The number of carbonyl (C=O) groups excluding carboxylic acids is 1. The molecule has 0 heterocycles. The van der Waals surface area contributed by atoms with Crippen LogP contribution in [0.5, 0.6) is 0 Å². The van der Waals surface area contributed by atoms with Gasteiger partial charge in [0.1, 0.15) is 0 Å². The first-order chi connectivity index (χ1) is 10.7. The number of carbonyl (C=O) groups is 1. The Bertz CT molecular complexity index is 244. The summed E-state index contributed by atoms with van der Waals surface area (Å²) in [4.78, 5) is 10.6. The lowest BCUT2D eigenvalue weighted by atomic mass is 10.0. The molecule has 0 fully saturated rings. The van der Waals surface area contributed by atoms with E-state index in [2.05, 4.69) is 0 Å². The molecule has 0 spiro atoms. The maximum Gasteiger partial charge on any atom is 0.217 e. The Morgan fingerprint density at radius 2 is 1.14 bits per heavy atom. The number of hydrogen-bond donors (Lipinski definition) is 2. The predicted molar refractivity (Wildman–Crippen MR) is 94.7 cm³/mol. The molecule has 0 saturated heterocycles. The molecule has 3 heteroatoms. The molecule has 0 aliphatic rings. The van der Waals surface area contributed by atoms with Gasteiger partial charge in [-0.05, 0) is 19.3 Å². The predicted octanol–water partition coefficient (Wildman–Crippen LogP) is 5.09. The SMILES string of the molecule is CCC(O)CCCCCCCCCCCCCCCC(N)=O. The lowest BCUT2D eigenvalue weighted by Crippen LogP contribution is -2.09. The van der Waals surface area contributed by atoms with Gasteiger partial charge in [0.05, 0.1) is 6.10 Å². The van der Waals surface area contributed by atoms with Gasteiger partial charge in [-0.15, -0.1) is 0 Å². The van der Waals surface area contributed by atoms with Crippen molar-refractivity contribution in [2.75, 3.05) is 0 Å². The standard InChI is InChI=1S/C19H39NO2/c1-2-18(21)16-14-12-10-8-6-4-3-5-7-9-11-13-15-17-19(20)22/h18,21H,2-17H2,1H3,(H2,20,22). The van der Waals surface area contributed by atoms with Crippen LogP contribution >= 0.6 is 0 Å². The van der Waals surface area contributed by atoms with Gasteiger partial charge in [-0.1, -0.05) is 84.0 Å². The number of hydrogen-bond acceptors (Lipinski definition) is 2. The first-order valence-corrected chi connectivity index (χ1v) is 9.63. The maximum absolute atomic E-state index is 10.6. The van der Waals surface area contributed by atoms with Gasteiger partial charge in [0.25, 0.3) is 0 Å². The second-order valence-corrected chi connectivity index (χ2v) is 6.66. The summed E-state index contributed by atoms with van der Waals surface area (Å²) in [6.07, 6.45) is 19.0. The Labute approximate surface area is 138 Å². The van der Waals surface area contributed by atoms with Crippen LogP contribution in [0.25, 0.3) is 0 Å². The number of rotatable bonds is 17. The van der Waals surface area contributed by atoms with E-state index in [0.29, 0.717) is 6.42 Å². The molecule has 0 saturated carbocycles. The molecule has 0 bridgehead atoms. The third-order valence-electron chi connectivity index (χ3n) is 4.43. The molecule has 1 amide bonds. The fraction of sp³-hybridized carbons (Fsp3) is 0.947. The van der Waals surface area contributed by atoms with E-state index in [1.807, 2.05) is 6.92 Å². The molecule has 22 heavy (non-hydrogen) atoms. The van der Waals surface area contributed by atoms with Gasteiger partial charge in [0.2, 0.25) is 5.91 Å². The van der Waals surface area contributed by atoms with Crippen molar-refractivity contribution in [3.05, 3.63) is 0 Å². The van der Waals surface area contributed by atoms with Crippen molar-refractivity contribution in [2.45, 2.75) is 116 Å². The van der Waals surface area contributed by atoms with Crippen molar-refractivity contribution in [2.24, 2.45) is 5.73 Å². The third-order valence-corrected chi connectivity index (χ3v) is 4.43. The molecule has 0 aliphatic heterocycles. The first-order valence-electron chi connectivity index (χ1n) is 9.63. The molecule has 132 valence electrons. The molecule has 0 aromatic heterocycles.